The molecule has 1 heterocycles. The van der Waals surface area contributed by atoms with Gasteiger partial charge in [0.1, 0.15) is 12.1 Å². The lowest BCUT2D eigenvalue weighted by atomic mass is 10.2. The number of aromatic carboxylic acids is 1. The number of carbonyl (C=O) groups excluding carboxylic acids is 2. The Bertz CT molecular complexity index is 562. The maximum Gasteiger partial charge on any atom is 0.408 e. The molecular formula is C12H17N3O5S. The molecule has 0 unspecified atom stereocenters. The molecule has 1 rings (SSSR count). The third-order valence-electron chi connectivity index (χ3n) is 2.04. The first-order valence-electron chi connectivity index (χ1n) is 6.06. The molecule has 0 aliphatic rings. The highest BCUT2D eigenvalue weighted by Crippen LogP contribution is 2.21. The summed E-state index contributed by atoms with van der Waals surface area (Å²) in [7, 11) is 0. The van der Waals surface area contributed by atoms with Crippen LogP contribution in [0.15, 0.2) is 0 Å². The molecule has 0 atom stereocenters. The lowest BCUT2D eigenvalue weighted by Gasteiger charge is -2.19. The highest BCUT2D eigenvalue weighted by Gasteiger charge is 2.18. The van der Waals surface area contributed by atoms with E-state index >= 15 is 0 Å². The normalized spacial score (nSPS) is 10.9. The molecule has 2 amide bonds. The maximum atomic E-state index is 11.6. The Morgan fingerprint density at radius 2 is 1.95 bits per heavy atom. The van der Waals surface area contributed by atoms with Crippen LogP contribution in [0.1, 0.15) is 36.1 Å². The number of hydrogen-bond donors (Lipinski definition) is 3. The van der Waals surface area contributed by atoms with Crippen LogP contribution in [0.25, 0.3) is 0 Å². The SMILES string of the molecule is Cc1sc(NC(=O)CNC(=O)OC(C)(C)C)nc1C(=O)O. The molecule has 0 fully saturated rings. The minimum absolute atomic E-state index is 0.101. The Labute approximate surface area is 125 Å². The molecule has 8 nitrogen and oxygen atoms in total. The minimum atomic E-state index is -1.16. The van der Waals surface area contributed by atoms with Gasteiger partial charge in [-0.05, 0) is 27.7 Å². The zero-order chi connectivity index (χ0) is 16.2. The van der Waals surface area contributed by atoms with Gasteiger partial charge in [0.05, 0.1) is 0 Å². The highest BCUT2D eigenvalue weighted by atomic mass is 32.1. The predicted molar refractivity (Wildman–Crippen MR) is 76.7 cm³/mol. The molecule has 0 bridgehead atoms. The molecule has 21 heavy (non-hydrogen) atoms. The Hall–Kier alpha value is -2.16. The van der Waals surface area contributed by atoms with Crippen molar-refractivity contribution in [1.29, 1.82) is 0 Å². The zero-order valence-electron chi connectivity index (χ0n) is 12.1. The molecule has 3 N–H and O–H groups in total. The molecule has 0 spiro atoms. The summed E-state index contributed by atoms with van der Waals surface area (Å²) in [5.41, 5.74) is -0.751. The molecule has 0 aliphatic heterocycles. The van der Waals surface area contributed by atoms with Crippen molar-refractivity contribution in [1.82, 2.24) is 10.3 Å². The molecule has 0 aliphatic carbocycles. The van der Waals surface area contributed by atoms with Crippen LogP contribution in [0.2, 0.25) is 0 Å². The summed E-state index contributed by atoms with van der Waals surface area (Å²) < 4.78 is 4.97. The van der Waals surface area contributed by atoms with Crippen molar-refractivity contribution >= 4 is 34.4 Å². The number of carboxylic acid groups (broad SMARTS) is 1. The number of ether oxygens (including phenoxy) is 1. The number of aryl methyl sites for hydroxylation is 1. The second-order valence-corrected chi connectivity index (χ2v) is 6.34. The number of nitrogens with one attached hydrogen (secondary N) is 2. The molecule has 0 saturated heterocycles. The van der Waals surface area contributed by atoms with Gasteiger partial charge in [0.25, 0.3) is 0 Å². The number of aromatic nitrogens is 1. The van der Waals surface area contributed by atoms with Crippen molar-refractivity contribution in [2.45, 2.75) is 33.3 Å². The Morgan fingerprint density at radius 1 is 1.33 bits per heavy atom. The van der Waals surface area contributed by atoms with E-state index in [9.17, 15) is 14.4 Å². The van der Waals surface area contributed by atoms with Crippen molar-refractivity contribution in [3.63, 3.8) is 0 Å². The van der Waals surface area contributed by atoms with Crippen LogP contribution in [-0.2, 0) is 9.53 Å². The van der Waals surface area contributed by atoms with Crippen LogP contribution in [0.5, 0.6) is 0 Å². The van der Waals surface area contributed by atoms with Gasteiger partial charge in [-0.25, -0.2) is 14.6 Å². The first-order chi connectivity index (χ1) is 9.58. The van der Waals surface area contributed by atoms with Crippen LogP contribution in [0.4, 0.5) is 9.93 Å². The van der Waals surface area contributed by atoms with Gasteiger partial charge in [0, 0.05) is 4.88 Å². The number of carbonyl (C=O) groups is 3. The first-order valence-corrected chi connectivity index (χ1v) is 6.87. The molecule has 116 valence electrons. The number of anilines is 1. The number of alkyl carbamates (subject to hydrolysis) is 1. The molecule has 0 aromatic carbocycles. The fraction of sp³-hybridized carbons (Fsp3) is 0.500. The molecule has 1 aromatic heterocycles. The Balaban J connectivity index is 2.49. The van der Waals surface area contributed by atoms with Gasteiger partial charge in [0.15, 0.2) is 10.8 Å². The second kappa shape index (κ2) is 6.53. The van der Waals surface area contributed by atoms with Gasteiger partial charge in [-0.1, -0.05) is 0 Å². The summed E-state index contributed by atoms with van der Waals surface area (Å²) in [6.45, 7) is 6.42. The number of amides is 2. The van der Waals surface area contributed by atoms with Crippen molar-refractivity contribution in [2.24, 2.45) is 0 Å². The van der Waals surface area contributed by atoms with Crippen LogP contribution >= 0.6 is 11.3 Å². The van der Waals surface area contributed by atoms with Crippen molar-refractivity contribution < 1.29 is 24.2 Å². The van der Waals surface area contributed by atoms with E-state index in [1.54, 1.807) is 27.7 Å². The van der Waals surface area contributed by atoms with Gasteiger partial charge in [-0.15, -0.1) is 11.3 Å². The fourth-order valence-electron chi connectivity index (χ4n) is 1.28. The van der Waals surface area contributed by atoms with Crippen molar-refractivity contribution in [3.8, 4) is 0 Å². The standard InChI is InChI=1S/C12H17N3O5S/c1-6-8(9(17)18)15-10(21-6)14-7(16)5-13-11(19)20-12(2,3)4/h5H2,1-4H3,(H,13,19)(H,17,18)(H,14,15,16). The summed E-state index contributed by atoms with van der Waals surface area (Å²) >= 11 is 1.05. The van der Waals surface area contributed by atoms with E-state index in [-0.39, 0.29) is 17.4 Å². The van der Waals surface area contributed by atoms with Crippen LogP contribution in [-0.4, -0.2) is 40.2 Å². The Kier molecular flexibility index (Phi) is 5.25. The second-order valence-electron chi connectivity index (χ2n) is 5.13. The molecular weight excluding hydrogens is 298 g/mol. The Morgan fingerprint density at radius 3 is 2.43 bits per heavy atom. The van der Waals surface area contributed by atoms with E-state index in [1.807, 2.05) is 0 Å². The van der Waals surface area contributed by atoms with Crippen LogP contribution in [0.3, 0.4) is 0 Å². The summed E-state index contributed by atoms with van der Waals surface area (Å²) in [5.74, 6) is -1.68. The molecule has 0 radical (unpaired) electrons. The minimum Gasteiger partial charge on any atom is -0.476 e. The summed E-state index contributed by atoms with van der Waals surface area (Å²) in [4.78, 5) is 38.1. The summed E-state index contributed by atoms with van der Waals surface area (Å²) in [6.07, 6.45) is -0.709. The maximum absolute atomic E-state index is 11.6. The smallest absolute Gasteiger partial charge is 0.408 e. The van der Waals surface area contributed by atoms with E-state index in [0.29, 0.717) is 4.88 Å². The lowest BCUT2D eigenvalue weighted by molar-refractivity contribution is -0.115. The van der Waals surface area contributed by atoms with Crippen molar-refractivity contribution in [3.05, 3.63) is 10.6 Å². The van der Waals surface area contributed by atoms with Crippen molar-refractivity contribution in [2.75, 3.05) is 11.9 Å². The van der Waals surface area contributed by atoms with E-state index < -0.39 is 23.6 Å². The summed E-state index contributed by atoms with van der Waals surface area (Å²) in [6, 6.07) is 0. The number of thiazole rings is 1. The van der Waals surface area contributed by atoms with E-state index in [4.69, 9.17) is 9.84 Å². The fourth-order valence-corrected chi connectivity index (χ4v) is 2.10. The molecule has 0 saturated carbocycles. The number of nitrogens with zero attached hydrogens (tertiary/aromatic N) is 1. The third kappa shape index (κ3) is 5.78. The quantitative estimate of drug-likeness (QED) is 0.777. The van der Waals surface area contributed by atoms with Gasteiger partial charge >= 0.3 is 12.1 Å². The van der Waals surface area contributed by atoms with Gasteiger partial charge < -0.3 is 20.5 Å². The van der Waals surface area contributed by atoms with E-state index in [2.05, 4.69) is 15.6 Å². The van der Waals surface area contributed by atoms with Gasteiger partial charge in [0.2, 0.25) is 5.91 Å². The van der Waals surface area contributed by atoms with E-state index in [1.165, 1.54) is 0 Å². The molecule has 1 aromatic rings. The average Bonchev–Trinajstić information content (AvgIpc) is 2.65. The zero-order valence-corrected chi connectivity index (χ0v) is 13.0. The van der Waals surface area contributed by atoms with E-state index in [0.717, 1.165) is 11.3 Å². The first kappa shape index (κ1) is 16.9. The van der Waals surface area contributed by atoms with Gasteiger partial charge in [-0.3, -0.25) is 4.79 Å². The lowest BCUT2D eigenvalue weighted by Crippen LogP contribution is -2.37. The molecule has 9 heteroatoms. The summed E-state index contributed by atoms with van der Waals surface area (Å²) in [5, 5.41) is 13.7. The number of rotatable bonds is 4. The topological polar surface area (TPSA) is 118 Å². The van der Waals surface area contributed by atoms with Crippen LogP contribution in [0, 0.1) is 6.92 Å². The van der Waals surface area contributed by atoms with Crippen LogP contribution < -0.4 is 10.6 Å². The van der Waals surface area contributed by atoms with Gasteiger partial charge in [-0.2, -0.15) is 0 Å². The largest absolute Gasteiger partial charge is 0.476 e. The predicted octanol–water partition coefficient (Wildman–Crippen LogP) is 1.61. The third-order valence-corrected chi connectivity index (χ3v) is 2.92. The number of carboxylic acids is 1. The average molecular weight is 315 g/mol. The monoisotopic (exact) mass is 315 g/mol. The highest BCUT2D eigenvalue weighted by molar-refractivity contribution is 7.16. The number of hydrogen-bond acceptors (Lipinski definition) is 6.